The van der Waals surface area contributed by atoms with E-state index >= 15 is 0 Å². The molecule has 0 aromatic carbocycles. The van der Waals surface area contributed by atoms with Gasteiger partial charge in [-0.1, -0.05) is 0 Å². The molecule has 0 amide bonds. The first-order valence-corrected chi connectivity index (χ1v) is 5.98. The number of aliphatic hydroxyl groups is 1. The molecule has 14 heavy (non-hydrogen) atoms. The van der Waals surface area contributed by atoms with E-state index in [4.69, 9.17) is 0 Å². The van der Waals surface area contributed by atoms with Crippen molar-refractivity contribution in [3.63, 3.8) is 0 Å². The van der Waals surface area contributed by atoms with Crippen molar-refractivity contribution in [1.29, 1.82) is 0 Å². The molecule has 1 aliphatic rings. The predicted octanol–water partition coefficient (Wildman–Crippen LogP) is 0.962. The maximum atomic E-state index is 10.8. The molecule has 1 rings (SSSR count). The molecule has 1 saturated heterocycles. The number of nitrogens with zero attached hydrogens (tertiary/aromatic N) is 1. The maximum absolute atomic E-state index is 10.8. The minimum absolute atomic E-state index is 0.0332. The lowest BCUT2D eigenvalue weighted by atomic mass is 10.3. The van der Waals surface area contributed by atoms with Gasteiger partial charge >= 0.3 is 22.5 Å². The van der Waals surface area contributed by atoms with Gasteiger partial charge in [0.2, 0.25) is 0 Å². The van der Waals surface area contributed by atoms with Gasteiger partial charge in [0, 0.05) is 15.7 Å². The molecule has 0 radical (unpaired) electrons. The molecule has 0 saturated carbocycles. The van der Waals surface area contributed by atoms with Crippen molar-refractivity contribution in [1.82, 2.24) is 4.90 Å². The third-order valence-electron chi connectivity index (χ3n) is 1.44. The quantitative estimate of drug-likeness (QED) is 0.739. The van der Waals surface area contributed by atoms with E-state index in [0.29, 0.717) is 6.54 Å². The smallest absolute Gasteiger partial charge is 0.337 e. The maximum Gasteiger partial charge on any atom is 0.753 e. The molecule has 7 nitrogen and oxygen atoms in total. The molecule has 0 aromatic rings. The Kier molecular flexibility index (Phi) is 4.04. The van der Waals surface area contributed by atoms with Gasteiger partial charge in [0.1, 0.15) is 0 Å². The van der Waals surface area contributed by atoms with Gasteiger partial charge in [-0.25, -0.2) is 0 Å². The van der Waals surface area contributed by atoms with Crippen molar-refractivity contribution in [2.45, 2.75) is 12.4 Å². The van der Waals surface area contributed by atoms with Crippen LogP contribution < -0.4 is 0 Å². The highest BCUT2D eigenvalue weighted by atomic mass is 31.2. The van der Waals surface area contributed by atoms with Crippen molar-refractivity contribution in [2.24, 2.45) is 0 Å². The summed E-state index contributed by atoms with van der Waals surface area (Å²) >= 11 is 0. The molecule has 0 aromatic heterocycles. The van der Waals surface area contributed by atoms with Gasteiger partial charge in [0.25, 0.3) is 0 Å². The third kappa shape index (κ3) is 3.63. The third-order valence-corrected chi connectivity index (χ3v) is 3.38. The minimum atomic E-state index is -2.58. The second-order valence-corrected chi connectivity index (χ2v) is 4.89. The Hall–Kier alpha value is -0.0000000000000000486. The van der Waals surface area contributed by atoms with Crippen molar-refractivity contribution >= 4 is 16.5 Å². The van der Waals surface area contributed by atoms with Crippen LogP contribution in [0.15, 0.2) is 0 Å². The number of hydrogen-bond donors (Lipinski definition) is 1. The van der Waals surface area contributed by atoms with Crippen LogP contribution in [0.4, 0.5) is 0 Å². The molecule has 0 bridgehead atoms. The van der Waals surface area contributed by atoms with Gasteiger partial charge in [-0.3, -0.25) is 0 Å². The predicted molar refractivity (Wildman–Crippen MR) is 46.6 cm³/mol. The van der Waals surface area contributed by atoms with Crippen molar-refractivity contribution < 1.29 is 27.6 Å². The molecule has 2 unspecified atom stereocenters. The molecular formula is C5H11NO6P2+2. The zero-order valence-corrected chi connectivity index (χ0v) is 9.53. The zero-order chi connectivity index (χ0) is 10.8. The average Bonchev–Trinajstić information content (AvgIpc) is 1.98. The van der Waals surface area contributed by atoms with E-state index < -0.39 is 22.5 Å². The van der Waals surface area contributed by atoms with Crippen molar-refractivity contribution in [3.05, 3.63) is 0 Å². The summed E-state index contributed by atoms with van der Waals surface area (Å²) in [5.74, 6) is -2.08. The van der Waals surface area contributed by atoms with E-state index in [1.165, 1.54) is 0 Å². The van der Waals surface area contributed by atoms with E-state index in [2.05, 4.69) is 13.4 Å². The fourth-order valence-electron chi connectivity index (χ4n) is 0.794. The van der Waals surface area contributed by atoms with Crippen LogP contribution in [0.5, 0.6) is 0 Å². The summed E-state index contributed by atoms with van der Waals surface area (Å²) in [7, 11) is -1.59. The van der Waals surface area contributed by atoms with Gasteiger partial charge in [0.05, 0.1) is 6.42 Å². The van der Waals surface area contributed by atoms with Gasteiger partial charge in [0.15, 0.2) is 4.31 Å². The topological polar surface area (TPSA) is 85.3 Å². The first kappa shape index (κ1) is 12.1. The summed E-state index contributed by atoms with van der Waals surface area (Å²) in [6.45, 7) is 0.433. The Morgan fingerprint density at radius 1 is 1.29 bits per heavy atom. The average molecular weight is 243 g/mol. The summed E-state index contributed by atoms with van der Waals surface area (Å²) < 4.78 is 34.8. The van der Waals surface area contributed by atoms with E-state index in [1.54, 1.807) is 19.0 Å². The van der Waals surface area contributed by atoms with Gasteiger partial charge in [-0.2, -0.15) is 0 Å². The highest BCUT2D eigenvalue weighted by molar-refractivity contribution is 7.48. The summed E-state index contributed by atoms with van der Waals surface area (Å²) in [5, 5.41) is 9.54. The molecule has 0 spiro atoms. The van der Waals surface area contributed by atoms with Crippen LogP contribution in [0.25, 0.3) is 0 Å². The Balaban J connectivity index is 2.54. The van der Waals surface area contributed by atoms with Crippen LogP contribution in [0, 0.1) is 0 Å². The van der Waals surface area contributed by atoms with E-state index in [0.717, 1.165) is 0 Å². The second-order valence-electron chi connectivity index (χ2n) is 2.98. The van der Waals surface area contributed by atoms with Crippen molar-refractivity contribution in [3.8, 4) is 0 Å². The fourth-order valence-corrected chi connectivity index (χ4v) is 2.28. The standard InChI is InChI=1S/C5H11NO6P2/c1-6(2)4-3-5(7)10-13(8)12-14(9)11-5/h7H,3-4H2,1-2H3/q+2. The van der Waals surface area contributed by atoms with Crippen LogP contribution in [0.3, 0.4) is 0 Å². The van der Waals surface area contributed by atoms with Crippen LogP contribution in [-0.4, -0.2) is 36.6 Å². The minimum Gasteiger partial charge on any atom is -0.337 e. The molecule has 1 N–H and O–H groups in total. The highest BCUT2D eigenvalue weighted by Gasteiger charge is 2.61. The summed E-state index contributed by atoms with van der Waals surface area (Å²) in [6, 6.07) is 0. The lowest BCUT2D eigenvalue weighted by Gasteiger charge is -2.17. The molecule has 1 heterocycles. The summed E-state index contributed by atoms with van der Waals surface area (Å²) in [4.78, 5) is 1.76. The Morgan fingerprint density at radius 2 is 1.79 bits per heavy atom. The Bertz CT molecular complexity index is 241. The summed E-state index contributed by atoms with van der Waals surface area (Å²) in [5.41, 5.74) is 0. The second kappa shape index (κ2) is 4.68. The normalized spacial score (nSPS) is 33.7. The lowest BCUT2D eigenvalue weighted by molar-refractivity contribution is -0.284. The molecule has 0 aliphatic carbocycles. The number of rotatable bonds is 3. The zero-order valence-electron chi connectivity index (χ0n) is 7.74. The molecule has 2 atom stereocenters. The number of hydrogen-bond acceptors (Lipinski definition) is 7. The largest absolute Gasteiger partial charge is 0.753 e. The van der Waals surface area contributed by atoms with Gasteiger partial charge in [-0.15, -0.1) is 0 Å². The van der Waals surface area contributed by atoms with E-state index in [9.17, 15) is 14.2 Å². The highest BCUT2D eigenvalue weighted by Crippen LogP contribution is 2.51. The Morgan fingerprint density at radius 3 is 2.21 bits per heavy atom. The van der Waals surface area contributed by atoms with Crippen LogP contribution in [0.1, 0.15) is 6.42 Å². The molecular weight excluding hydrogens is 232 g/mol. The Labute approximate surface area is 82.8 Å². The van der Waals surface area contributed by atoms with Crippen LogP contribution >= 0.6 is 16.5 Å². The molecule has 9 heteroatoms. The van der Waals surface area contributed by atoms with Crippen molar-refractivity contribution in [2.75, 3.05) is 20.6 Å². The SMILES string of the molecule is CN(C)CCC1(O)O[P+](=O)O[P+](=O)O1. The van der Waals surface area contributed by atoms with E-state index in [1.807, 2.05) is 0 Å². The van der Waals surface area contributed by atoms with Crippen LogP contribution in [-0.2, 0) is 22.5 Å². The van der Waals surface area contributed by atoms with E-state index in [-0.39, 0.29) is 6.42 Å². The first-order valence-electron chi connectivity index (χ1n) is 3.79. The van der Waals surface area contributed by atoms with Crippen LogP contribution in [0.2, 0.25) is 0 Å². The molecule has 1 fully saturated rings. The first-order chi connectivity index (χ1) is 6.41. The lowest BCUT2D eigenvalue weighted by Crippen LogP contribution is -2.36. The van der Waals surface area contributed by atoms with Gasteiger partial charge in [-0.05, 0) is 23.1 Å². The monoisotopic (exact) mass is 243 g/mol. The molecule has 1 aliphatic heterocycles. The fraction of sp³-hybridized carbons (Fsp3) is 1.00. The van der Waals surface area contributed by atoms with Gasteiger partial charge < -0.3 is 10.0 Å². The molecule has 80 valence electrons. The summed E-state index contributed by atoms with van der Waals surface area (Å²) in [6.07, 6.45) is 0.0332.